The molecule has 0 radical (unpaired) electrons. The Kier molecular flexibility index (Phi) is 8.22. The average molecular weight is 472 g/mol. The van der Waals surface area contributed by atoms with Crippen LogP contribution >= 0.6 is 11.6 Å². The fraction of sp³-hybridized carbons (Fsp3) is 0.409. The van der Waals surface area contributed by atoms with Gasteiger partial charge in [0.25, 0.3) is 5.91 Å². The highest BCUT2D eigenvalue weighted by atomic mass is 35.5. The summed E-state index contributed by atoms with van der Waals surface area (Å²) in [7, 11) is 0. The number of nitrogens with one attached hydrogen (secondary N) is 2. The molecule has 1 amide bonds. The van der Waals surface area contributed by atoms with E-state index in [0.717, 1.165) is 38.3 Å². The lowest BCUT2D eigenvalue weighted by Gasteiger charge is -2.27. The second kappa shape index (κ2) is 10.9. The van der Waals surface area contributed by atoms with Gasteiger partial charge in [-0.05, 0) is 37.3 Å². The van der Waals surface area contributed by atoms with Crippen molar-refractivity contribution in [2.45, 2.75) is 13.1 Å². The molecule has 0 saturated carbocycles. The molecule has 0 bridgehead atoms. The molecule has 1 heterocycles. The molecule has 1 fully saturated rings. The molecule has 6 nitrogen and oxygen atoms in total. The molecule has 174 valence electrons. The largest absolute Gasteiger partial charge is 0.493 e. The predicted molar refractivity (Wildman–Crippen MR) is 117 cm³/mol. The number of carbonyl (C=O) groups is 1. The Morgan fingerprint density at radius 2 is 1.84 bits per heavy atom. The van der Waals surface area contributed by atoms with Gasteiger partial charge in [0.15, 0.2) is 0 Å². The van der Waals surface area contributed by atoms with Crippen LogP contribution in [0.2, 0.25) is 5.02 Å². The number of hydrogen-bond donors (Lipinski definition) is 2. The predicted octanol–water partition coefficient (Wildman–Crippen LogP) is 4.29. The van der Waals surface area contributed by atoms with E-state index >= 15 is 0 Å². The topological polar surface area (TPSA) is 62.8 Å². The van der Waals surface area contributed by atoms with Gasteiger partial charge in [0, 0.05) is 38.4 Å². The summed E-state index contributed by atoms with van der Waals surface area (Å²) in [6.07, 6.45) is -4.64. The van der Waals surface area contributed by atoms with Crippen molar-refractivity contribution in [2.75, 3.05) is 51.3 Å². The highest BCUT2D eigenvalue weighted by molar-refractivity contribution is 6.31. The molecule has 1 saturated heterocycles. The van der Waals surface area contributed by atoms with Crippen molar-refractivity contribution in [3.63, 3.8) is 0 Å². The van der Waals surface area contributed by atoms with Gasteiger partial charge in [-0.2, -0.15) is 13.2 Å². The lowest BCUT2D eigenvalue weighted by atomic mass is 10.1. The van der Waals surface area contributed by atoms with Crippen LogP contribution in [0.5, 0.6) is 11.5 Å². The van der Waals surface area contributed by atoms with Crippen LogP contribution in [0, 0.1) is 0 Å². The summed E-state index contributed by atoms with van der Waals surface area (Å²) in [5.41, 5.74) is -0.939. The summed E-state index contributed by atoms with van der Waals surface area (Å²) in [4.78, 5) is 15.3. The van der Waals surface area contributed by atoms with Gasteiger partial charge >= 0.3 is 6.18 Å². The Morgan fingerprint density at radius 1 is 1.16 bits per heavy atom. The van der Waals surface area contributed by atoms with Crippen LogP contribution in [0.1, 0.15) is 22.8 Å². The third-order valence-electron chi connectivity index (χ3n) is 4.92. The summed E-state index contributed by atoms with van der Waals surface area (Å²) in [6, 6.07) is 8.16. The molecular weight excluding hydrogens is 447 g/mol. The normalized spacial score (nSPS) is 14.8. The lowest BCUT2D eigenvalue weighted by Crippen LogP contribution is -2.44. The first-order valence-corrected chi connectivity index (χ1v) is 10.7. The maximum atomic E-state index is 13.2. The van der Waals surface area contributed by atoms with Crippen LogP contribution in [0.25, 0.3) is 0 Å². The van der Waals surface area contributed by atoms with E-state index in [4.69, 9.17) is 21.1 Å². The number of nitrogens with zero attached hydrogens (tertiary/aromatic N) is 1. The van der Waals surface area contributed by atoms with E-state index in [2.05, 4.69) is 15.5 Å². The fourth-order valence-electron chi connectivity index (χ4n) is 3.36. The molecule has 32 heavy (non-hydrogen) atoms. The number of halogens is 4. The fourth-order valence-corrected chi connectivity index (χ4v) is 3.59. The standard InChI is InChI=1S/C22H25ClF3N3O3/c1-2-31-18-4-3-5-19(32-13-12-29-10-8-27-9-11-29)20(18)21(30)28-15-6-7-17(23)16(14-15)22(24,25)26/h3-7,14,27H,2,8-13H2,1H3,(H,28,30). The first-order chi connectivity index (χ1) is 15.3. The van der Waals surface area contributed by atoms with Gasteiger partial charge in [-0.25, -0.2) is 0 Å². The van der Waals surface area contributed by atoms with E-state index in [1.807, 2.05) is 0 Å². The lowest BCUT2D eigenvalue weighted by molar-refractivity contribution is -0.137. The average Bonchev–Trinajstić information content (AvgIpc) is 2.75. The minimum atomic E-state index is -4.64. The number of ether oxygens (including phenoxy) is 2. The second-order valence-corrected chi connectivity index (χ2v) is 7.56. The van der Waals surface area contributed by atoms with Gasteiger partial charge in [0.2, 0.25) is 0 Å². The zero-order valence-corrected chi connectivity index (χ0v) is 18.4. The second-order valence-electron chi connectivity index (χ2n) is 7.15. The highest BCUT2D eigenvalue weighted by Gasteiger charge is 2.33. The maximum absolute atomic E-state index is 13.2. The Bertz CT molecular complexity index is 934. The van der Waals surface area contributed by atoms with Gasteiger partial charge in [0.1, 0.15) is 23.7 Å². The molecule has 10 heteroatoms. The van der Waals surface area contributed by atoms with E-state index in [1.54, 1.807) is 25.1 Å². The van der Waals surface area contributed by atoms with Gasteiger partial charge in [0.05, 0.1) is 17.2 Å². The number of alkyl halides is 3. The van der Waals surface area contributed by atoms with Crippen molar-refractivity contribution < 1.29 is 27.4 Å². The van der Waals surface area contributed by atoms with Crippen LogP contribution in [0.15, 0.2) is 36.4 Å². The quantitative estimate of drug-likeness (QED) is 0.601. The SMILES string of the molecule is CCOc1cccc(OCCN2CCNCC2)c1C(=O)Nc1ccc(Cl)c(C(F)(F)F)c1. The minimum Gasteiger partial charge on any atom is -0.493 e. The molecule has 2 aromatic carbocycles. The molecule has 2 aromatic rings. The maximum Gasteiger partial charge on any atom is 0.417 e. The summed E-state index contributed by atoms with van der Waals surface area (Å²) in [6.45, 7) is 6.77. The third kappa shape index (κ3) is 6.27. The molecule has 3 rings (SSSR count). The number of carbonyl (C=O) groups excluding carboxylic acids is 1. The smallest absolute Gasteiger partial charge is 0.417 e. The molecular formula is C22H25ClF3N3O3. The number of amides is 1. The number of benzene rings is 2. The van der Waals surface area contributed by atoms with Gasteiger partial charge in [-0.1, -0.05) is 17.7 Å². The van der Waals surface area contributed by atoms with E-state index in [0.29, 0.717) is 25.5 Å². The zero-order valence-electron chi connectivity index (χ0n) is 17.6. The first-order valence-electron chi connectivity index (χ1n) is 10.3. The third-order valence-corrected chi connectivity index (χ3v) is 5.25. The van der Waals surface area contributed by atoms with Crippen molar-refractivity contribution in [1.29, 1.82) is 0 Å². The van der Waals surface area contributed by atoms with Crippen molar-refractivity contribution >= 4 is 23.2 Å². The van der Waals surface area contributed by atoms with Crippen molar-refractivity contribution in [1.82, 2.24) is 10.2 Å². The van der Waals surface area contributed by atoms with Crippen molar-refractivity contribution in [3.05, 3.63) is 52.5 Å². The molecule has 1 aliphatic rings. The number of piperazine rings is 1. The van der Waals surface area contributed by atoms with E-state index in [9.17, 15) is 18.0 Å². The Balaban J connectivity index is 1.79. The molecule has 0 aliphatic carbocycles. The van der Waals surface area contributed by atoms with Crippen LogP contribution in [-0.4, -0.2) is 56.7 Å². The highest BCUT2D eigenvalue weighted by Crippen LogP contribution is 2.37. The van der Waals surface area contributed by atoms with Gasteiger partial charge in [-0.15, -0.1) is 0 Å². The van der Waals surface area contributed by atoms with Crippen molar-refractivity contribution in [2.24, 2.45) is 0 Å². The van der Waals surface area contributed by atoms with Crippen molar-refractivity contribution in [3.8, 4) is 11.5 Å². The monoisotopic (exact) mass is 471 g/mol. The summed E-state index contributed by atoms with van der Waals surface area (Å²) >= 11 is 5.67. The number of hydrogen-bond acceptors (Lipinski definition) is 5. The first kappa shape index (κ1) is 24.2. The zero-order chi connectivity index (χ0) is 23.1. The van der Waals surface area contributed by atoms with Crippen LogP contribution in [-0.2, 0) is 6.18 Å². The molecule has 0 spiro atoms. The van der Waals surface area contributed by atoms with Crippen LogP contribution < -0.4 is 20.1 Å². The number of rotatable bonds is 8. The minimum absolute atomic E-state index is 0.0372. The van der Waals surface area contributed by atoms with Crippen LogP contribution in [0.3, 0.4) is 0 Å². The Labute approximate surface area is 189 Å². The van der Waals surface area contributed by atoms with E-state index < -0.39 is 22.7 Å². The molecule has 2 N–H and O–H groups in total. The van der Waals surface area contributed by atoms with Crippen LogP contribution in [0.4, 0.5) is 18.9 Å². The van der Waals surface area contributed by atoms with E-state index in [-0.39, 0.29) is 17.0 Å². The molecule has 0 unspecified atom stereocenters. The van der Waals surface area contributed by atoms with E-state index in [1.165, 1.54) is 6.07 Å². The summed E-state index contributed by atoms with van der Waals surface area (Å²) in [5.74, 6) is -0.0510. The summed E-state index contributed by atoms with van der Waals surface area (Å²) < 4.78 is 50.9. The molecule has 1 aliphatic heterocycles. The Hall–Kier alpha value is -2.49. The van der Waals surface area contributed by atoms with Gasteiger partial charge < -0.3 is 20.1 Å². The number of anilines is 1. The van der Waals surface area contributed by atoms with Gasteiger partial charge in [-0.3, -0.25) is 9.69 Å². The summed E-state index contributed by atoms with van der Waals surface area (Å²) in [5, 5.41) is 5.34. The molecule has 0 aromatic heterocycles. The Morgan fingerprint density at radius 3 is 2.50 bits per heavy atom. The molecule has 0 atom stereocenters.